The molecule has 1 aromatic heterocycles. The predicted octanol–water partition coefficient (Wildman–Crippen LogP) is 1.71. The van der Waals surface area contributed by atoms with Crippen molar-refractivity contribution in [3.8, 4) is 0 Å². The highest BCUT2D eigenvalue weighted by Crippen LogP contribution is 2.28. The second-order valence-corrected chi connectivity index (χ2v) is 9.16. The minimum absolute atomic E-state index is 0.0488. The van der Waals surface area contributed by atoms with E-state index >= 15 is 0 Å². The third-order valence-corrected chi connectivity index (χ3v) is 6.98. The van der Waals surface area contributed by atoms with Crippen LogP contribution in [0.2, 0.25) is 0 Å². The van der Waals surface area contributed by atoms with E-state index in [0.29, 0.717) is 19.1 Å². The maximum Gasteiger partial charge on any atom is 0.237 e. The molecule has 29 heavy (non-hydrogen) atoms. The van der Waals surface area contributed by atoms with Crippen LogP contribution in [-0.2, 0) is 9.59 Å². The Morgan fingerprint density at radius 2 is 1.83 bits per heavy atom. The summed E-state index contributed by atoms with van der Waals surface area (Å²) in [6, 6.07) is 8.44. The Labute approximate surface area is 175 Å². The Hall–Kier alpha value is -2.03. The quantitative estimate of drug-likeness (QED) is 0.746. The molecule has 0 radical (unpaired) electrons. The van der Waals surface area contributed by atoms with E-state index in [1.165, 1.54) is 0 Å². The number of amides is 2. The summed E-state index contributed by atoms with van der Waals surface area (Å²) in [5.41, 5.74) is 0.988. The van der Waals surface area contributed by atoms with E-state index in [9.17, 15) is 9.59 Å². The first-order valence-electron chi connectivity index (χ1n) is 10.3. The zero-order valence-corrected chi connectivity index (χ0v) is 18.0. The summed E-state index contributed by atoms with van der Waals surface area (Å²) < 4.78 is 1.15. The van der Waals surface area contributed by atoms with Crippen LogP contribution in [-0.4, -0.2) is 83.9 Å². The molecule has 1 unspecified atom stereocenters. The molecule has 4 rings (SSSR count). The monoisotopic (exact) mass is 415 g/mol. The normalized spacial score (nSPS) is 19.2. The number of thiazole rings is 1. The zero-order chi connectivity index (χ0) is 20.4. The zero-order valence-electron chi connectivity index (χ0n) is 17.1. The molecule has 2 aliphatic rings. The van der Waals surface area contributed by atoms with Gasteiger partial charge in [0.05, 0.1) is 29.3 Å². The Bertz CT molecular complexity index is 840. The van der Waals surface area contributed by atoms with E-state index in [2.05, 4.69) is 21.2 Å². The molecule has 2 amide bonds. The van der Waals surface area contributed by atoms with Crippen molar-refractivity contribution >= 4 is 33.4 Å². The SMILES string of the molecule is CC(c1nc2ccccc2s1)N(C)C(=O)CN1CCN(CC(=O)NC2CC2)CC1. The standard InChI is InChI=1S/C21H29N5O2S/c1-15(21-23-17-5-3-4-6-18(17)29-21)24(2)20(28)14-26-11-9-25(10-12-26)13-19(27)22-16-7-8-16/h3-6,15-16H,7-14H2,1-2H3,(H,22,27). The summed E-state index contributed by atoms with van der Waals surface area (Å²) in [5, 5.41) is 4.00. The number of piperazine rings is 1. The summed E-state index contributed by atoms with van der Waals surface area (Å²) in [6.07, 6.45) is 2.23. The molecule has 0 bridgehead atoms. The van der Waals surface area contributed by atoms with Crippen molar-refractivity contribution in [1.29, 1.82) is 0 Å². The van der Waals surface area contributed by atoms with Gasteiger partial charge in [0.15, 0.2) is 0 Å². The molecule has 1 aliphatic heterocycles. The van der Waals surface area contributed by atoms with Crippen molar-refractivity contribution in [3.63, 3.8) is 0 Å². The van der Waals surface area contributed by atoms with Crippen LogP contribution in [0, 0.1) is 0 Å². The van der Waals surface area contributed by atoms with Gasteiger partial charge >= 0.3 is 0 Å². The molecule has 0 spiro atoms. The van der Waals surface area contributed by atoms with E-state index < -0.39 is 0 Å². The first-order valence-corrected chi connectivity index (χ1v) is 11.2. The minimum atomic E-state index is -0.0488. The van der Waals surface area contributed by atoms with Gasteiger partial charge in [0, 0.05) is 39.3 Å². The minimum Gasteiger partial charge on any atom is -0.352 e. The van der Waals surface area contributed by atoms with E-state index in [4.69, 9.17) is 4.98 Å². The van der Waals surface area contributed by atoms with Crippen LogP contribution in [0.5, 0.6) is 0 Å². The molecule has 1 atom stereocenters. The fourth-order valence-corrected chi connectivity index (χ4v) is 4.63. The van der Waals surface area contributed by atoms with Crippen LogP contribution in [0.1, 0.15) is 30.8 Å². The average Bonchev–Trinajstić information content (AvgIpc) is 3.42. The smallest absolute Gasteiger partial charge is 0.237 e. The molecule has 8 heteroatoms. The van der Waals surface area contributed by atoms with Crippen molar-refractivity contribution < 1.29 is 9.59 Å². The Kier molecular flexibility index (Phi) is 6.12. The molecule has 1 aliphatic carbocycles. The molecular weight excluding hydrogens is 386 g/mol. The van der Waals surface area contributed by atoms with Gasteiger partial charge in [-0.15, -0.1) is 11.3 Å². The number of nitrogens with one attached hydrogen (secondary N) is 1. The molecule has 7 nitrogen and oxygen atoms in total. The number of nitrogens with zero attached hydrogens (tertiary/aromatic N) is 4. The summed E-state index contributed by atoms with van der Waals surface area (Å²) >= 11 is 1.65. The van der Waals surface area contributed by atoms with Gasteiger partial charge in [-0.05, 0) is 31.9 Å². The number of aromatic nitrogens is 1. The van der Waals surface area contributed by atoms with Gasteiger partial charge in [-0.2, -0.15) is 0 Å². The number of carbonyl (C=O) groups is 2. The van der Waals surface area contributed by atoms with Gasteiger partial charge in [0.1, 0.15) is 5.01 Å². The van der Waals surface area contributed by atoms with E-state index in [-0.39, 0.29) is 17.9 Å². The Balaban J connectivity index is 1.25. The van der Waals surface area contributed by atoms with Gasteiger partial charge in [0.25, 0.3) is 0 Å². The fraction of sp³-hybridized carbons (Fsp3) is 0.571. The lowest BCUT2D eigenvalue weighted by atomic mass is 10.2. The fourth-order valence-electron chi connectivity index (χ4n) is 3.56. The summed E-state index contributed by atoms with van der Waals surface area (Å²) in [6.45, 7) is 6.18. The van der Waals surface area contributed by atoms with Crippen molar-refractivity contribution in [1.82, 2.24) is 25.0 Å². The number of hydrogen-bond acceptors (Lipinski definition) is 6. The number of likely N-dealkylation sites (N-methyl/N-ethyl adjacent to an activating group) is 1. The molecule has 2 heterocycles. The van der Waals surface area contributed by atoms with E-state index in [1.807, 2.05) is 32.2 Å². The maximum absolute atomic E-state index is 12.8. The molecule has 1 saturated heterocycles. The van der Waals surface area contributed by atoms with Crippen LogP contribution in [0.3, 0.4) is 0 Å². The van der Waals surface area contributed by atoms with Crippen LogP contribution >= 0.6 is 11.3 Å². The lowest BCUT2D eigenvalue weighted by molar-refractivity contribution is -0.134. The number of rotatable bonds is 7. The number of carbonyl (C=O) groups excluding carboxylic acids is 2. The molecular formula is C21H29N5O2S. The highest BCUT2D eigenvalue weighted by molar-refractivity contribution is 7.18. The van der Waals surface area contributed by atoms with Crippen molar-refractivity contribution in [2.24, 2.45) is 0 Å². The first kappa shape index (κ1) is 20.3. The lowest BCUT2D eigenvalue weighted by Gasteiger charge is -2.35. The molecule has 1 aromatic carbocycles. The Morgan fingerprint density at radius 1 is 1.17 bits per heavy atom. The third-order valence-electron chi connectivity index (χ3n) is 5.78. The third kappa shape index (κ3) is 5.12. The van der Waals surface area contributed by atoms with Crippen LogP contribution in [0.15, 0.2) is 24.3 Å². The number of fused-ring (bicyclic) bond motifs is 1. The molecule has 1 N–H and O–H groups in total. The van der Waals surface area contributed by atoms with Gasteiger partial charge in [-0.1, -0.05) is 12.1 Å². The number of benzene rings is 1. The molecule has 2 aromatic rings. The lowest BCUT2D eigenvalue weighted by Crippen LogP contribution is -2.51. The van der Waals surface area contributed by atoms with Gasteiger partial charge in [0.2, 0.25) is 11.8 Å². The van der Waals surface area contributed by atoms with Crippen LogP contribution < -0.4 is 5.32 Å². The Morgan fingerprint density at radius 3 is 2.48 bits per heavy atom. The maximum atomic E-state index is 12.8. The summed E-state index contributed by atoms with van der Waals surface area (Å²) in [4.78, 5) is 35.6. The summed E-state index contributed by atoms with van der Waals surface area (Å²) in [5.74, 6) is 0.234. The van der Waals surface area contributed by atoms with Crippen molar-refractivity contribution in [2.75, 3.05) is 46.3 Å². The molecule has 2 fully saturated rings. The highest BCUT2D eigenvalue weighted by atomic mass is 32.1. The topological polar surface area (TPSA) is 68.8 Å². The highest BCUT2D eigenvalue weighted by Gasteiger charge is 2.27. The average molecular weight is 416 g/mol. The number of hydrogen-bond donors (Lipinski definition) is 1. The van der Waals surface area contributed by atoms with Crippen molar-refractivity contribution in [3.05, 3.63) is 29.3 Å². The molecule has 156 valence electrons. The predicted molar refractivity (Wildman–Crippen MR) is 115 cm³/mol. The largest absolute Gasteiger partial charge is 0.352 e. The van der Waals surface area contributed by atoms with Crippen LogP contribution in [0.25, 0.3) is 10.2 Å². The number of para-hydroxylation sites is 1. The first-order chi connectivity index (χ1) is 14.0. The van der Waals surface area contributed by atoms with E-state index in [1.54, 1.807) is 16.2 Å². The second-order valence-electron chi connectivity index (χ2n) is 8.09. The summed E-state index contributed by atoms with van der Waals surface area (Å²) in [7, 11) is 1.86. The van der Waals surface area contributed by atoms with E-state index in [0.717, 1.165) is 54.2 Å². The molecule has 1 saturated carbocycles. The second kappa shape index (κ2) is 8.77. The van der Waals surface area contributed by atoms with Gasteiger partial charge in [-0.3, -0.25) is 19.4 Å². The van der Waals surface area contributed by atoms with Gasteiger partial charge in [-0.25, -0.2) is 4.98 Å². The van der Waals surface area contributed by atoms with Crippen LogP contribution in [0.4, 0.5) is 0 Å². The van der Waals surface area contributed by atoms with Crippen molar-refractivity contribution in [2.45, 2.75) is 31.8 Å². The van der Waals surface area contributed by atoms with Gasteiger partial charge < -0.3 is 10.2 Å².